The second-order valence-corrected chi connectivity index (χ2v) is 5.39. The lowest BCUT2D eigenvalue weighted by molar-refractivity contribution is -0.148. The largest absolute Gasteiger partial charge is 0.465 e. The van der Waals surface area contributed by atoms with E-state index >= 15 is 0 Å². The maximum atomic E-state index is 11.7. The molecule has 0 radical (unpaired) electrons. The van der Waals surface area contributed by atoms with E-state index in [-0.39, 0.29) is 0 Å². The summed E-state index contributed by atoms with van der Waals surface area (Å²) in [5.74, 6) is -0.880. The van der Waals surface area contributed by atoms with E-state index in [4.69, 9.17) is 9.47 Å². The summed E-state index contributed by atoms with van der Waals surface area (Å²) in [6.07, 6.45) is 2.90. The Morgan fingerprint density at radius 3 is 2.40 bits per heavy atom. The molecule has 1 rings (SSSR count). The molecule has 0 aliphatic heterocycles. The van der Waals surface area contributed by atoms with Gasteiger partial charge in [-0.2, -0.15) is 0 Å². The highest BCUT2D eigenvalue weighted by Gasteiger charge is 2.15. The maximum absolute atomic E-state index is 11.7. The third kappa shape index (κ3) is 4.53. The average Bonchev–Trinajstić information content (AvgIpc) is 2.34. The highest BCUT2D eigenvalue weighted by molar-refractivity contribution is 5.96. The Bertz CT molecular complexity index is 536. The molecular weight excluding hydrogens is 256 g/mol. The monoisotopic (exact) mass is 276 g/mol. The number of aryl methyl sites for hydroxylation is 1. The van der Waals surface area contributed by atoms with Gasteiger partial charge >= 0.3 is 11.9 Å². The van der Waals surface area contributed by atoms with Crippen LogP contribution in [0.5, 0.6) is 0 Å². The van der Waals surface area contributed by atoms with Crippen LogP contribution < -0.4 is 0 Å². The Hall–Kier alpha value is -2.10. The lowest BCUT2D eigenvalue weighted by Gasteiger charge is -2.18. The van der Waals surface area contributed by atoms with Crippen molar-refractivity contribution in [3.05, 3.63) is 41.0 Å². The SMILES string of the molecule is COC(=O)c1cccc(C)c1C=CC(=O)OC(C)(C)C. The van der Waals surface area contributed by atoms with Crippen molar-refractivity contribution in [3.8, 4) is 0 Å². The zero-order chi connectivity index (χ0) is 15.3. The molecular formula is C16H20O4. The number of esters is 2. The van der Waals surface area contributed by atoms with E-state index in [1.807, 2.05) is 13.0 Å². The number of hydrogen-bond acceptors (Lipinski definition) is 4. The van der Waals surface area contributed by atoms with Gasteiger partial charge in [-0.1, -0.05) is 12.1 Å². The second-order valence-electron chi connectivity index (χ2n) is 5.39. The standard InChI is InChI=1S/C16H20O4/c1-11-7-6-8-13(15(18)19-5)12(11)9-10-14(17)20-16(2,3)4/h6-10H,1-5H3. The molecule has 0 amide bonds. The Balaban J connectivity index is 3.03. The molecule has 0 aliphatic rings. The Labute approximate surface area is 119 Å². The molecule has 0 spiro atoms. The molecule has 0 atom stereocenters. The molecule has 0 N–H and O–H groups in total. The lowest BCUT2D eigenvalue weighted by atomic mass is 10.0. The van der Waals surface area contributed by atoms with Crippen LogP contribution in [0.1, 0.15) is 42.3 Å². The molecule has 0 fully saturated rings. The van der Waals surface area contributed by atoms with E-state index in [1.54, 1.807) is 39.0 Å². The van der Waals surface area contributed by atoms with Crippen molar-refractivity contribution in [2.45, 2.75) is 33.3 Å². The quantitative estimate of drug-likeness (QED) is 0.628. The van der Waals surface area contributed by atoms with E-state index in [0.717, 1.165) is 5.56 Å². The number of rotatable bonds is 3. The van der Waals surface area contributed by atoms with E-state index in [0.29, 0.717) is 11.1 Å². The smallest absolute Gasteiger partial charge is 0.338 e. The fourth-order valence-corrected chi connectivity index (χ4v) is 1.68. The summed E-state index contributed by atoms with van der Waals surface area (Å²) in [5, 5.41) is 0. The summed E-state index contributed by atoms with van der Waals surface area (Å²) in [7, 11) is 1.33. The molecule has 0 saturated carbocycles. The van der Waals surface area contributed by atoms with Gasteiger partial charge in [-0.3, -0.25) is 0 Å². The van der Waals surface area contributed by atoms with Gasteiger partial charge in [-0.25, -0.2) is 9.59 Å². The summed E-state index contributed by atoms with van der Waals surface area (Å²) in [5.41, 5.74) is 1.42. The first-order valence-corrected chi connectivity index (χ1v) is 6.33. The summed E-state index contributed by atoms with van der Waals surface area (Å²) in [4.78, 5) is 23.4. The predicted octanol–water partition coefficient (Wildman–Crippen LogP) is 3.14. The van der Waals surface area contributed by atoms with Gasteiger partial charge in [0.2, 0.25) is 0 Å². The van der Waals surface area contributed by atoms with Crippen LogP contribution in [0.4, 0.5) is 0 Å². The molecule has 0 unspecified atom stereocenters. The molecule has 1 aromatic carbocycles. The summed E-state index contributed by atoms with van der Waals surface area (Å²) < 4.78 is 9.91. The summed E-state index contributed by atoms with van der Waals surface area (Å²) in [6, 6.07) is 5.29. The molecule has 0 aromatic heterocycles. The molecule has 4 nitrogen and oxygen atoms in total. The van der Waals surface area contributed by atoms with Crippen LogP contribution in [0, 0.1) is 6.92 Å². The van der Waals surface area contributed by atoms with Gasteiger partial charge in [0, 0.05) is 6.08 Å². The highest BCUT2D eigenvalue weighted by Crippen LogP contribution is 2.17. The van der Waals surface area contributed by atoms with Crippen molar-refractivity contribution in [2.24, 2.45) is 0 Å². The van der Waals surface area contributed by atoms with Crippen LogP contribution in [-0.4, -0.2) is 24.6 Å². The van der Waals surface area contributed by atoms with Crippen molar-refractivity contribution in [3.63, 3.8) is 0 Å². The normalized spacial score (nSPS) is 11.4. The average molecular weight is 276 g/mol. The molecule has 0 aliphatic carbocycles. The van der Waals surface area contributed by atoms with Crippen LogP contribution >= 0.6 is 0 Å². The second kappa shape index (κ2) is 6.37. The van der Waals surface area contributed by atoms with Gasteiger partial charge in [-0.05, 0) is 51.0 Å². The number of methoxy groups -OCH3 is 1. The minimum absolute atomic E-state index is 0.423. The fraction of sp³-hybridized carbons (Fsp3) is 0.375. The molecule has 0 bridgehead atoms. The first-order valence-electron chi connectivity index (χ1n) is 6.33. The topological polar surface area (TPSA) is 52.6 Å². The zero-order valence-corrected chi connectivity index (χ0v) is 12.5. The summed E-state index contributed by atoms with van der Waals surface area (Å²) in [6.45, 7) is 7.26. The highest BCUT2D eigenvalue weighted by atomic mass is 16.6. The first kappa shape index (κ1) is 16.0. The van der Waals surface area contributed by atoms with Crippen LogP contribution in [-0.2, 0) is 14.3 Å². The van der Waals surface area contributed by atoms with Crippen LogP contribution in [0.25, 0.3) is 6.08 Å². The molecule has 0 saturated heterocycles. The Kier molecular flexibility index (Phi) is 5.08. The number of ether oxygens (including phenoxy) is 2. The van der Waals surface area contributed by atoms with Crippen LogP contribution in [0.3, 0.4) is 0 Å². The Morgan fingerprint density at radius 1 is 1.20 bits per heavy atom. The molecule has 0 heterocycles. The van der Waals surface area contributed by atoms with Crippen LogP contribution in [0.2, 0.25) is 0 Å². The first-order chi connectivity index (χ1) is 9.24. The van der Waals surface area contributed by atoms with E-state index < -0.39 is 17.5 Å². The van der Waals surface area contributed by atoms with Gasteiger partial charge in [0.15, 0.2) is 0 Å². The minimum atomic E-state index is -0.543. The number of hydrogen-bond donors (Lipinski definition) is 0. The number of benzene rings is 1. The van der Waals surface area contributed by atoms with Crippen molar-refractivity contribution in [2.75, 3.05) is 7.11 Å². The number of carbonyl (C=O) groups excluding carboxylic acids is 2. The van der Waals surface area contributed by atoms with Crippen molar-refractivity contribution in [1.82, 2.24) is 0 Å². The van der Waals surface area contributed by atoms with Gasteiger partial charge < -0.3 is 9.47 Å². The maximum Gasteiger partial charge on any atom is 0.338 e. The van der Waals surface area contributed by atoms with Crippen molar-refractivity contribution >= 4 is 18.0 Å². The Morgan fingerprint density at radius 2 is 1.85 bits per heavy atom. The fourth-order valence-electron chi connectivity index (χ4n) is 1.68. The molecule has 4 heteroatoms. The van der Waals surface area contributed by atoms with Gasteiger partial charge in [0.05, 0.1) is 12.7 Å². The number of carbonyl (C=O) groups is 2. The minimum Gasteiger partial charge on any atom is -0.465 e. The van der Waals surface area contributed by atoms with Gasteiger partial charge in [0.25, 0.3) is 0 Å². The zero-order valence-electron chi connectivity index (χ0n) is 12.5. The van der Waals surface area contributed by atoms with E-state index in [1.165, 1.54) is 13.2 Å². The third-order valence-electron chi connectivity index (χ3n) is 2.52. The molecule has 108 valence electrons. The van der Waals surface area contributed by atoms with Gasteiger partial charge in [0.1, 0.15) is 5.60 Å². The third-order valence-corrected chi connectivity index (χ3v) is 2.52. The van der Waals surface area contributed by atoms with E-state index in [2.05, 4.69) is 0 Å². The van der Waals surface area contributed by atoms with Crippen LogP contribution in [0.15, 0.2) is 24.3 Å². The molecule has 20 heavy (non-hydrogen) atoms. The summed E-state index contributed by atoms with van der Waals surface area (Å²) >= 11 is 0. The van der Waals surface area contributed by atoms with Crippen molar-refractivity contribution in [1.29, 1.82) is 0 Å². The molecule has 1 aromatic rings. The van der Waals surface area contributed by atoms with E-state index in [9.17, 15) is 9.59 Å². The van der Waals surface area contributed by atoms with Gasteiger partial charge in [-0.15, -0.1) is 0 Å². The lowest BCUT2D eigenvalue weighted by Crippen LogP contribution is -2.22. The predicted molar refractivity (Wildman–Crippen MR) is 77.4 cm³/mol. The van der Waals surface area contributed by atoms with Crippen molar-refractivity contribution < 1.29 is 19.1 Å².